The van der Waals surface area contributed by atoms with Crippen LogP contribution in [0.2, 0.25) is 5.15 Å². The fourth-order valence-corrected chi connectivity index (χ4v) is 7.01. The van der Waals surface area contributed by atoms with Crippen molar-refractivity contribution in [1.82, 2.24) is 20.2 Å². The molecule has 0 radical (unpaired) electrons. The molecule has 0 unspecified atom stereocenters. The van der Waals surface area contributed by atoms with E-state index in [0.717, 1.165) is 86.4 Å². The molecule has 4 rings (SSSR count). The van der Waals surface area contributed by atoms with Gasteiger partial charge in [0.2, 0.25) is 5.91 Å². The van der Waals surface area contributed by atoms with Gasteiger partial charge < -0.3 is 53.6 Å². The van der Waals surface area contributed by atoms with E-state index in [1.807, 2.05) is 36.4 Å². The predicted molar refractivity (Wildman–Crippen MR) is 242 cm³/mol. The maximum atomic E-state index is 13.1. The zero-order valence-corrected chi connectivity index (χ0v) is 35.7. The van der Waals surface area contributed by atoms with Crippen LogP contribution in [0.3, 0.4) is 0 Å². The molecule has 3 aromatic carbocycles. The van der Waals surface area contributed by atoms with Gasteiger partial charge in [0.25, 0.3) is 5.91 Å². The SMILES string of the molecule is CCCCCCN(CCCc1ccc(NC(=O)[C@@H](N)Cc2ccc3cc(CCCCN=C(N)NC(=O)c4nc(Cl)c(N)nc4N)ccc3c2)cc1)CC[C@@H](O)[C@H](O)[C@H](O)CO. The lowest BCUT2D eigenvalue weighted by Gasteiger charge is -2.26. The molecule has 0 saturated carbocycles. The van der Waals surface area contributed by atoms with Crippen molar-refractivity contribution in [2.24, 2.45) is 16.5 Å². The smallest absolute Gasteiger partial charge is 0.280 e. The Morgan fingerprint density at radius 1 is 0.803 bits per heavy atom. The number of carbonyl (C=O) groups excluding carboxylic acids is 2. The van der Waals surface area contributed by atoms with E-state index in [-0.39, 0.29) is 34.3 Å². The summed E-state index contributed by atoms with van der Waals surface area (Å²) in [7, 11) is 0. The van der Waals surface area contributed by atoms with Crippen LogP contribution >= 0.6 is 11.6 Å². The molecule has 14 N–H and O–H groups in total. The van der Waals surface area contributed by atoms with Crippen LogP contribution in [0.1, 0.15) is 85.5 Å². The zero-order valence-electron chi connectivity index (χ0n) is 35.0. The number of nitrogens with two attached hydrogens (primary N) is 4. The summed E-state index contributed by atoms with van der Waals surface area (Å²) in [5.41, 5.74) is 27.3. The number of halogens is 1. The number of benzene rings is 3. The second-order valence-corrected chi connectivity index (χ2v) is 15.8. The van der Waals surface area contributed by atoms with Crippen LogP contribution in [0.4, 0.5) is 17.3 Å². The number of aryl methyl sites for hydroxylation is 2. The number of guanidine groups is 1. The van der Waals surface area contributed by atoms with E-state index in [9.17, 15) is 24.9 Å². The van der Waals surface area contributed by atoms with Crippen LogP contribution in [0.5, 0.6) is 0 Å². The largest absolute Gasteiger partial charge is 0.394 e. The third-order valence-electron chi connectivity index (χ3n) is 10.5. The number of nitrogens with zero attached hydrogens (tertiary/aromatic N) is 4. The highest BCUT2D eigenvalue weighted by molar-refractivity contribution is 6.31. The van der Waals surface area contributed by atoms with Gasteiger partial charge in [-0.25, -0.2) is 9.97 Å². The first-order chi connectivity index (χ1) is 29.3. The van der Waals surface area contributed by atoms with Crippen molar-refractivity contribution in [3.63, 3.8) is 0 Å². The molecule has 17 heteroatoms. The van der Waals surface area contributed by atoms with Gasteiger partial charge in [-0.2, -0.15) is 0 Å². The summed E-state index contributed by atoms with van der Waals surface area (Å²) < 4.78 is 0. The molecule has 4 atom stereocenters. The standard InChI is InChI=1S/C44H63ClN10O6/c1-2-3-4-7-21-55(23-19-35(57)38(59)36(58)27-56)22-8-10-28-13-17-33(18-14-28)51-42(60)34(46)26-30-12-16-31-24-29(11-15-32(31)25-30)9-5-6-20-50-44(49)54-43(61)37-40(47)53-41(48)39(45)52-37/h11-18,24-25,34-36,38,56-59H,2-10,19-23,26-27,46H2,1H3,(H,51,60)(H4,47,48,53)(H3,49,50,54,61)/t34-,35+,36+,38-/m0/s1. The Morgan fingerprint density at radius 2 is 1.46 bits per heavy atom. The maximum absolute atomic E-state index is 13.1. The van der Waals surface area contributed by atoms with Crippen molar-refractivity contribution in [2.45, 2.75) is 102 Å². The maximum Gasteiger partial charge on any atom is 0.280 e. The number of anilines is 3. The number of hydrogen-bond donors (Lipinski definition) is 10. The van der Waals surface area contributed by atoms with Gasteiger partial charge in [0.15, 0.2) is 28.4 Å². The average molecular weight is 864 g/mol. The molecule has 0 aliphatic carbocycles. The molecule has 0 saturated heterocycles. The highest BCUT2D eigenvalue weighted by Crippen LogP contribution is 2.21. The van der Waals surface area contributed by atoms with Gasteiger partial charge >= 0.3 is 0 Å². The van der Waals surface area contributed by atoms with Gasteiger partial charge in [0.05, 0.1) is 18.8 Å². The van der Waals surface area contributed by atoms with E-state index in [0.29, 0.717) is 31.6 Å². The molecule has 4 aromatic rings. The Kier molecular flexibility index (Phi) is 20.1. The summed E-state index contributed by atoms with van der Waals surface area (Å²) >= 11 is 5.85. The number of carbonyl (C=O) groups is 2. The molecule has 0 bridgehead atoms. The Hall–Kier alpha value is -4.94. The van der Waals surface area contributed by atoms with Gasteiger partial charge in [0, 0.05) is 18.8 Å². The summed E-state index contributed by atoms with van der Waals surface area (Å²) in [5, 5.41) is 46.5. The minimum Gasteiger partial charge on any atom is -0.394 e. The van der Waals surface area contributed by atoms with Gasteiger partial charge in [0.1, 0.15) is 12.2 Å². The number of amides is 2. The van der Waals surface area contributed by atoms with Crippen LogP contribution in [0.25, 0.3) is 10.8 Å². The summed E-state index contributed by atoms with van der Waals surface area (Å²) in [6.07, 6.45) is 5.46. The topological polar surface area (TPSA) is 285 Å². The number of rotatable bonds is 25. The first-order valence-electron chi connectivity index (χ1n) is 21.0. The van der Waals surface area contributed by atoms with Crippen molar-refractivity contribution < 1.29 is 30.0 Å². The number of aliphatic imine (C=N–C) groups is 1. The number of unbranched alkanes of at least 4 members (excludes halogenated alkanes) is 4. The quantitative estimate of drug-likeness (QED) is 0.0260. The number of aliphatic hydroxyl groups is 4. The van der Waals surface area contributed by atoms with E-state index in [2.05, 4.69) is 61.7 Å². The predicted octanol–water partition coefficient (Wildman–Crippen LogP) is 3.30. The number of hydrogen-bond acceptors (Lipinski definition) is 13. The molecule has 0 fully saturated rings. The molecule has 0 aliphatic heterocycles. The van der Waals surface area contributed by atoms with Gasteiger partial charge in [-0.1, -0.05) is 86.3 Å². The summed E-state index contributed by atoms with van der Waals surface area (Å²) in [6.45, 7) is 4.26. The Balaban J connectivity index is 1.18. The monoisotopic (exact) mass is 862 g/mol. The molecular formula is C44H63ClN10O6. The third-order valence-corrected chi connectivity index (χ3v) is 10.8. The van der Waals surface area contributed by atoms with E-state index < -0.39 is 36.9 Å². The molecule has 0 spiro atoms. The fraction of sp³-hybridized carbons (Fsp3) is 0.477. The normalized spacial score (nSPS) is 13.9. The van der Waals surface area contributed by atoms with Gasteiger partial charge in [-0.05, 0) is 104 Å². The highest BCUT2D eigenvalue weighted by Gasteiger charge is 2.24. The second kappa shape index (κ2) is 25.1. The van der Waals surface area contributed by atoms with E-state index >= 15 is 0 Å². The molecular weight excluding hydrogens is 800 g/mol. The lowest BCUT2D eigenvalue weighted by molar-refractivity contribution is -0.117. The van der Waals surface area contributed by atoms with Crippen LogP contribution in [-0.2, 0) is 24.1 Å². The summed E-state index contributed by atoms with van der Waals surface area (Å²) in [5.74, 6) is -1.26. The molecule has 0 aliphatic rings. The Morgan fingerprint density at radius 3 is 2.16 bits per heavy atom. The molecule has 61 heavy (non-hydrogen) atoms. The van der Waals surface area contributed by atoms with Crippen LogP contribution in [0.15, 0.2) is 65.7 Å². The summed E-state index contributed by atoms with van der Waals surface area (Å²) in [4.78, 5) is 39.6. The van der Waals surface area contributed by atoms with Crippen molar-refractivity contribution in [1.29, 1.82) is 0 Å². The Bertz CT molecular complexity index is 2040. The molecule has 16 nitrogen and oxygen atoms in total. The average Bonchev–Trinajstić information content (AvgIpc) is 3.24. The van der Waals surface area contributed by atoms with E-state index in [1.165, 1.54) is 12.0 Å². The van der Waals surface area contributed by atoms with Crippen molar-refractivity contribution in [3.8, 4) is 0 Å². The molecule has 1 aromatic heterocycles. The number of nitrogens with one attached hydrogen (secondary N) is 2. The first-order valence-corrected chi connectivity index (χ1v) is 21.4. The van der Waals surface area contributed by atoms with E-state index in [1.54, 1.807) is 0 Å². The number of aliphatic hydroxyl groups excluding tert-OH is 4. The Labute approximate surface area is 362 Å². The zero-order chi connectivity index (χ0) is 44.3. The number of fused-ring (bicyclic) bond motifs is 1. The van der Waals surface area contributed by atoms with Crippen LogP contribution in [0, 0.1) is 0 Å². The van der Waals surface area contributed by atoms with Gasteiger partial charge in [-0.15, -0.1) is 0 Å². The van der Waals surface area contributed by atoms with Crippen molar-refractivity contribution in [2.75, 3.05) is 49.6 Å². The molecule has 2 amide bonds. The van der Waals surface area contributed by atoms with Crippen LogP contribution in [-0.4, -0.2) is 110 Å². The van der Waals surface area contributed by atoms with E-state index in [4.69, 9.17) is 39.6 Å². The molecule has 1 heterocycles. The minimum atomic E-state index is -1.38. The van der Waals surface area contributed by atoms with Crippen LogP contribution < -0.4 is 33.6 Å². The number of aromatic nitrogens is 2. The second-order valence-electron chi connectivity index (χ2n) is 15.4. The first kappa shape index (κ1) is 48.7. The third kappa shape index (κ3) is 16.1. The fourth-order valence-electron chi connectivity index (χ4n) is 6.88. The summed E-state index contributed by atoms with van der Waals surface area (Å²) in [6, 6.07) is 19.4. The lowest BCUT2D eigenvalue weighted by Crippen LogP contribution is -2.41. The van der Waals surface area contributed by atoms with Crippen molar-refractivity contribution in [3.05, 3.63) is 88.2 Å². The highest BCUT2D eigenvalue weighted by atomic mass is 35.5. The van der Waals surface area contributed by atoms with Gasteiger partial charge in [-0.3, -0.25) is 19.9 Å². The molecule has 332 valence electrons. The number of nitrogen functional groups attached to an aromatic ring is 2. The minimum absolute atomic E-state index is 0.0688. The lowest BCUT2D eigenvalue weighted by atomic mass is 9.98. The van der Waals surface area contributed by atoms with Crippen molar-refractivity contribution >= 4 is 57.5 Å².